The van der Waals surface area contributed by atoms with E-state index in [0.717, 1.165) is 24.8 Å². The summed E-state index contributed by atoms with van der Waals surface area (Å²) in [5.74, 6) is 1.72. The molecule has 2 aliphatic carbocycles. The van der Waals surface area contributed by atoms with Crippen LogP contribution in [-0.4, -0.2) is 13.1 Å². The molecule has 0 aromatic carbocycles. The number of fused-ring (bicyclic) bond motifs is 1. The third-order valence-electron chi connectivity index (χ3n) is 4.80. The molecule has 0 spiro atoms. The van der Waals surface area contributed by atoms with Crippen LogP contribution in [-0.2, 0) is 9.53 Å². The van der Waals surface area contributed by atoms with Crippen molar-refractivity contribution >= 4 is 5.97 Å². The van der Waals surface area contributed by atoms with Crippen LogP contribution in [0.25, 0.3) is 0 Å². The van der Waals surface area contributed by atoms with Crippen molar-refractivity contribution in [2.24, 2.45) is 17.8 Å². The van der Waals surface area contributed by atoms with Crippen LogP contribution in [0, 0.1) is 17.8 Å². The number of hydrogen-bond donors (Lipinski definition) is 0. The first kappa shape index (κ1) is 13.4. The monoisotopic (exact) mass is 248 g/mol. The fourth-order valence-corrected chi connectivity index (χ4v) is 3.57. The number of rotatable bonds is 2. The fourth-order valence-electron chi connectivity index (χ4n) is 3.57. The number of carbonyl (C=O) groups is 1. The van der Waals surface area contributed by atoms with E-state index in [1.165, 1.54) is 31.1 Å². The lowest BCUT2D eigenvalue weighted by Crippen LogP contribution is -2.12. The van der Waals surface area contributed by atoms with Crippen LogP contribution in [0.5, 0.6) is 0 Å². The van der Waals surface area contributed by atoms with E-state index in [-0.39, 0.29) is 5.97 Å². The summed E-state index contributed by atoms with van der Waals surface area (Å²) in [5, 5.41) is 0. The van der Waals surface area contributed by atoms with Gasteiger partial charge in [-0.25, -0.2) is 4.79 Å². The molecule has 2 rings (SSSR count). The summed E-state index contributed by atoms with van der Waals surface area (Å²) in [4.78, 5) is 11.9. The van der Waals surface area contributed by atoms with Gasteiger partial charge >= 0.3 is 5.97 Å². The lowest BCUT2D eigenvalue weighted by Gasteiger charge is -2.22. The Labute approximate surface area is 110 Å². The number of esters is 1. The molecular weight excluding hydrogens is 224 g/mol. The number of hydrogen-bond acceptors (Lipinski definition) is 2. The molecule has 0 amide bonds. The predicted octanol–water partition coefficient (Wildman–Crippen LogP) is 3.88. The lowest BCUT2D eigenvalue weighted by molar-refractivity contribution is -0.136. The standard InChI is InChI=1S/C16H24O2/c1-10(2)12-6-8-14(16(17)18-4)13-7-5-11(3)15(13)9-12/h11-12,15H,1,5-9H2,2-4H3. The van der Waals surface area contributed by atoms with Crippen molar-refractivity contribution in [1.29, 1.82) is 0 Å². The van der Waals surface area contributed by atoms with Gasteiger partial charge in [0, 0.05) is 5.57 Å². The molecule has 0 saturated heterocycles. The highest BCUT2D eigenvalue weighted by Crippen LogP contribution is 2.46. The minimum Gasteiger partial charge on any atom is -0.466 e. The van der Waals surface area contributed by atoms with E-state index in [0.29, 0.717) is 17.8 Å². The molecule has 2 aliphatic rings. The van der Waals surface area contributed by atoms with Crippen molar-refractivity contribution in [3.05, 3.63) is 23.3 Å². The average Bonchev–Trinajstić information content (AvgIpc) is 2.60. The largest absolute Gasteiger partial charge is 0.466 e. The number of allylic oxidation sites excluding steroid dienone is 2. The van der Waals surface area contributed by atoms with E-state index in [4.69, 9.17) is 4.74 Å². The summed E-state index contributed by atoms with van der Waals surface area (Å²) in [6, 6.07) is 0. The highest BCUT2D eigenvalue weighted by Gasteiger charge is 2.36. The Balaban J connectivity index is 2.31. The van der Waals surface area contributed by atoms with Crippen molar-refractivity contribution in [3.63, 3.8) is 0 Å². The first-order valence-electron chi connectivity index (χ1n) is 7.00. The molecule has 100 valence electrons. The van der Waals surface area contributed by atoms with Gasteiger partial charge in [0.25, 0.3) is 0 Å². The van der Waals surface area contributed by atoms with E-state index in [1.807, 2.05) is 0 Å². The molecule has 3 unspecified atom stereocenters. The first-order valence-corrected chi connectivity index (χ1v) is 7.00. The zero-order chi connectivity index (χ0) is 13.3. The molecule has 3 atom stereocenters. The number of carbonyl (C=O) groups excluding carboxylic acids is 1. The molecule has 2 heteroatoms. The molecular formula is C16H24O2. The Hall–Kier alpha value is -1.05. The summed E-state index contributed by atoms with van der Waals surface area (Å²) < 4.78 is 4.97. The Morgan fingerprint density at radius 3 is 2.67 bits per heavy atom. The Morgan fingerprint density at radius 1 is 1.33 bits per heavy atom. The smallest absolute Gasteiger partial charge is 0.333 e. The second-order valence-corrected chi connectivity index (χ2v) is 5.94. The van der Waals surface area contributed by atoms with Crippen LogP contribution in [0.1, 0.15) is 46.0 Å². The maximum atomic E-state index is 11.9. The van der Waals surface area contributed by atoms with Crippen LogP contribution in [0.15, 0.2) is 23.3 Å². The van der Waals surface area contributed by atoms with Gasteiger partial charge in [0.05, 0.1) is 7.11 Å². The topological polar surface area (TPSA) is 26.3 Å². The zero-order valence-corrected chi connectivity index (χ0v) is 11.8. The molecule has 1 fully saturated rings. The van der Waals surface area contributed by atoms with Crippen molar-refractivity contribution in [3.8, 4) is 0 Å². The van der Waals surface area contributed by atoms with E-state index < -0.39 is 0 Å². The molecule has 0 bridgehead atoms. The van der Waals surface area contributed by atoms with Crippen molar-refractivity contribution in [2.75, 3.05) is 7.11 Å². The molecule has 2 nitrogen and oxygen atoms in total. The van der Waals surface area contributed by atoms with Crippen LogP contribution in [0.3, 0.4) is 0 Å². The molecule has 18 heavy (non-hydrogen) atoms. The molecule has 0 aromatic heterocycles. The molecule has 0 aliphatic heterocycles. The van der Waals surface area contributed by atoms with Gasteiger partial charge in [-0.05, 0) is 56.8 Å². The summed E-state index contributed by atoms with van der Waals surface area (Å²) in [5.41, 5.74) is 3.62. The zero-order valence-electron chi connectivity index (χ0n) is 11.8. The van der Waals surface area contributed by atoms with E-state index >= 15 is 0 Å². The van der Waals surface area contributed by atoms with Gasteiger partial charge in [0.1, 0.15) is 0 Å². The highest BCUT2D eigenvalue weighted by molar-refractivity contribution is 5.89. The van der Waals surface area contributed by atoms with Gasteiger partial charge < -0.3 is 4.74 Å². The maximum absolute atomic E-state index is 11.9. The van der Waals surface area contributed by atoms with E-state index in [1.54, 1.807) is 0 Å². The molecule has 0 heterocycles. The van der Waals surface area contributed by atoms with Crippen LogP contribution in [0.2, 0.25) is 0 Å². The average molecular weight is 248 g/mol. The quantitative estimate of drug-likeness (QED) is 0.547. The van der Waals surface area contributed by atoms with Crippen LogP contribution in [0.4, 0.5) is 0 Å². The third kappa shape index (κ3) is 2.38. The van der Waals surface area contributed by atoms with Crippen molar-refractivity contribution < 1.29 is 9.53 Å². The number of methoxy groups -OCH3 is 1. The number of ether oxygens (including phenoxy) is 1. The van der Waals surface area contributed by atoms with Crippen LogP contribution >= 0.6 is 0 Å². The SMILES string of the molecule is C=C(C)C1CCC(C(=O)OC)=C2CCC(C)C2C1. The molecule has 0 N–H and O–H groups in total. The first-order chi connectivity index (χ1) is 8.54. The Kier molecular flexibility index (Phi) is 3.94. The summed E-state index contributed by atoms with van der Waals surface area (Å²) >= 11 is 0. The van der Waals surface area contributed by atoms with Gasteiger partial charge in [0.2, 0.25) is 0 Å². The third-order valence-corrected chi connectivity index (χ3v) is 4.80. The van der Waals surface area contributed by atoms with Gasteiger partial charge in [0.15, 0.2) is 0 Å². The van der Waals surface area contributed by atoms with Crippen LogP contribution < -0.4 is 0 Å². The molecule has 0 aromatic rings. The minimum absolute atomic E-state index is 0.105. The van der Waals surface area contributed by atoms with E-state index in [9.17, 15) is 4.79 Å². The predicted molar refractivity (Wildman–Crippen MR) is 73.1 cm³/mol. The van der Waals surface area contributed by atoms with Crippen molar-refractivity contribution in [2.45, 2.75) is 46.0 Å². The Morgan fingerprint density at radius 2 is 2.06 bits per heavy atom. The maximum Gasteiger partial charge on any atom is 0.333 e. The highest BCUT2D eigenvalue weighted by atomic mass is 16.5. The fraction of sp³-hybridized carbons (Fsp3) is 0.688. The van der Waals surface area contributed by atoms with Crippen molar-refractivity contribution in [1.82, 2.24) is 0 Å². The molecule has 0 radical (unpaired) electrons. The van der Waals surface area contributed by atoms with Gasteiger partial charge in [-0.3, -0.25) is 0 Å². The second kappa shape index (κ2) is 5.29. The Bertz CT molecular complexity index is 392. The molecule has 1 saturated carbocycles. The normalized spacial score (nSPS) is 31.8. The lowest BCUT2D eigenvalue weighted by atomic mass is 9.83. The van der Waals surface area contributed by atoms with E-state index in [2.05, 4.69) is 20.4 Å². The van der Waals surface area contributed by atoms with Gasteiger partial charge in [-0.2, -0.15) is 0 Å². The second-order valence-electron chi connectivity index (χ2n) is 5.94. The van der Waals surface area contributed by atoms with Gasteiger partial charge in [-0.1, -0.05) is 24.6 Å². The summed E-state index contributed by atoms with van der Waals surface area (Å²) in [7, 11) is 1.49. The summed E-state index contributed by atoms with van der Waals surface area (Å²) in [6.45, 7) is 8.55. The minimum atomic E-state index is -0.105. The summed E-state index contributed by atoms with van der Waals surface area (Å²) in [6.07, 6.45) is 5.38. The van der Waals surface area contributed by atoms with Gasteiger partial charge in [-0.15, -0.1) is 0 Å².